The van der Waals surface area contributed by atoms with Crippen LogP contribution in [0.25, 0.3) is 10.8 Å². The van der Waals surface area contributed by atoms with E-state index in [1.165, 1.54) is 0 Å². The lowest BCUT2D eigenvalue weighted by Crippen LogP contribution is -2.19. The van der Waals surface area contributed by atoms with E-state index in [0.29, 0.717) is 18.6 Å². The fourth-order valence-corrected chi connectivity index (χ4v) is 2.40. The second kappa shape index (κ2) is 5.81. The Labute approximate surface area is 119 Å². The molecule has 2 aromatic carbocycles. The van der Waals surface area contributed by atoms with Gasteiger partial charge in [-0.3, -0.25) is 0 Å². The largest absolute Gasteiger partial charge is 0.496 e. The molecule has 0 aromatic heterocycles. The lowest BCUT2D eigenvalue weighted by Gasteiger charge is -2.21. The summed E-state index contributed by atoms with van der Waals surface area (Å²) < 4.78 is 5.49. The average molecular weight is 274 g/mol. The summed E-state index contributed by atoms with van der Waals surface area (Å²) in [6.45, 7) is 3.49. The monoisotopic (exact) mass is 274 g/mol. The van der Waals surface area contributed by atoms with Gasteiger partial charge in [0.15, 0.2) is 0 Å². The smallest absolute Gasteiger partial charge is 0.132 e. The zero-order chi connectivity index (χ0) is 14.8. The van der Waals surface area contributed by atoms with Crippen LogP contribution in [-0.2, 0) is 0 Å². The standard InChI is InChI=1S/C17H22O3/c1-17(2,19)11-10-15(18)14-9-8-12-6-4-5-7-13(12)16(14)20-3/h4-9,15,18-19H,10-11H2,1-3H3. The molecule has 0 spiro atoms. The molecule has 20 heavy (non-hydrogen) atoms. The van der Waals surface area contributed by atoms with Crippen molar-refractivity contribution in [3.05, 3.63) is 42.0 Å². The fourth-order valence-electron chi connectivity index (χ4n) is 2.40. The summed E-state index contributed by atoms with van der Waals surface area (Å²) in [6.07, 6.45) is 0.392. The highest BCUT2D eigenvalue weighted by Gasteiger charge is 2.19. The van der Waals surface area contributed by atoms with Gasteiger partial charge in [-0.25, -0.2) is 0 Å². The quantitative estimate of drug-likeness (QED) is 0.878. The van der Waals surface area contributed by atoms with E-state index < -0.39 is 11.7 Å². The Kier molecular flexibility index (Phi) is 4.31. The maximum atomic E-state index is 10.4. The van der Waals surface area contributed by atoms with Crippen molar-refractivity contribution in [2.75, 3.05) is 7.11 Å². The zero-order valence-electron chi connectivity index (χ0n) is 12.3. The van der Waals surface area contributed by atoms with E-state index in [4.69, 9.17) is 4.74 Å². The molecule has 108 valence electrons. The molecule has 0 aliphatic rings. The number of hydrogen-bond acceptors (Lipinski definition) is 3. The molecule has 1 unspecified atom stereocenters. The minimum atomic E-state index is -0.773. The Balaban J connectivity index is 2.34. The lowest BCUT2D eigenvalue weighted by atomic mass is 9.95. The summed E-state index contributed by atoms with van der Waals surface area (Å²) in [6, 6.07) is 11.8. The Morgan fingerprint density at radius 3 is 2.50 bits per heavy atom. The van der Waals surface area contributed by atoms with Crippen LogP contribution in [0.1, 0.15) is 38.4 Å². The molecular formula is C17H22O3. The molecule has 0 saturated heterocycles. The predicted octanol–water partition coefficient (Wildman–Crippen LogP) is 3.43. The highest BCUT2D eigenvalue weighted by Crippen LogP contribution is 2.35. The average Bonchev–Trinajstić information content (AvgIpc) is 2.42. The molecule has 0 saturated carbocycles. The molecule has 0 fully saturated rings. The summed E-state index contributed by atoms with van der Waals surface area (Å²) in [7, 11) is 1.62. The van der Waals surface area contributed by atoms with Gasteiger partial charge < -0.3 is 14.9 Å². The molecule has 3 nitrogen and oxygen atoms in total. The Hall–Kier alpha value is -1.58. The van der Waals surface area contributed by atoms with Gasteiger partial charge in [0.05, 0.1) is 18.8 Å². The van der Waals surface area contributed by atoms with E-state index in [1.54, 1.807) is 21.0 Å². The second-order valence-electron chi connectivity index (χ2n) is 5.78. The van der Waals surface area contributed by atoms with Crippen molar-refractivity contribution in [3.63, 3.8) is 0 Å². The maximum Gasteiger partial charge on any atom is 0.132 e. The van der Waals surface area contributed by atoms with E-state index in [-0.39, 0.29) is 0 Å². The number of hydrogen-bond donors (Lipinski definition) is 2. The van der Waals surface area contributed by atoms with Gasteiger partial charge in [-0.15, -0.1) is 0 Å². The highest BCUT2D eigenvalue weighted by molar-refractivity contribution is 5.89. The molecule has 0 heterocycles. The molecule has 0 aliphatic heterocycles. The van der Waals surface area contributed by atoms with E-state index in [9.17, 15) is 10.2 Å². The normalized spacial score (nSPS) is 13.4. The van der Waals surface area contributed by atoms with Crippen LogP contribution in [-0.4, -0.2) is 22.9 Å². The molecule has 3 heteroatoms. The van der Waals surface area contributed by atoms with Gasteiger partial charge in [-0.05, 0) is 32.1 Å². The summed E-state index contributed by atoms with van der Waals surface area (Å²) in [5.74, 6) is 0.714. The summed E-state index contributed by atoms with van der Waals surface area (Å²) >= 11 is 0. The van der Waals surface area contributed by atoms with Gasteiger partial charge in [0.25, 0.3) is 0 Å². The first-order valence-corrected chi connectivity index (χ1v) is 6.88. The van der Waals surface area contributed by atoms with Gasteiger partial charge in [0, 0.05) is 10.9 Å². The first-order chi connectivity index (χ1) is 9.42. The van der Waals surface area contributed by atoms with Crippen LogP contribution in [0, 0.1) is 0 Å². The Morgan fingerprint density at radius 1 is 1.15 bits per heavy atom. The van der Waals surface area contributed by atoms with E-state index >= 15 is 0 Å². The van der Waals surface area contributed by atoms with Crippen molar-refractivity contribution >= 4 is 10.8 Å². The molecule has 1 atom stereocenters. The second-order valence-corrected chi connectivity index (χ2v) is 5.78. The van der Waals surface area contributed by atoms with E-state index in [0.717, 1.165) is 16.3 Å². The Bertz CT molecular complexity index is 584. The van der Waals surface area contributed by atoms with Crippen molar-refractivity contribution in [1.29, 1.82) is 0 Å². The molecule has 0 aliphatic carbocycles. The molecule has 0 bridgehead atoms. The number of aliphatic hydroxyl groups is 2. The maximum absolute atomic E-state index is 10.4. The summed E-state index contributed by atoms with van der Waals surface area (Å²) in [4.78, 5) is 0. The van der Waals surface area contributed by atoms with Crippen LogP contribution in [0.5, 0.6) is 5.75 Å². The van der Waals surface area contributed by atoms with Crippen LogP contribution in [0.4, 0.5) is 0 Å². The minimum absolute atomic E-state index is 0.498. The Morgan fingerprint density at radius 2 is 1.85 bits per heavy atom. The van der Waals surface area contributed by atoms with Gasteiger partial charge in [-0.1, -0.05) is 36.4 Å². The van der Waals surface area contributed by atoms with Gasteiger partial charge in [0.2, 0.25) is 0 Å². The topological polar surface area (TPSA) is 49.7 Å². The van der Waals surface area contributed by atoms with Crippen molar-refractivity contribution in [1.82, 2.24) is 0 Å². The zero-order valence-corrected chi connectivity index (χ0v) is 12.3. The molecule has 0 amide bonds. The van der Waals surface area contributed by atoms with Crippen LogP contribution in [0.3, 0.4) is 0 Å². The summed E-state index contributed by atoms with van der Waals surface area (Å²) in [5.41, 5.74) is 0.000810. The van der Waals surface area contributed by atoms with E-state index in [2.05, 4.69) is 0 Å². The lowest BCUT2D eigenvalue weighted by molar-refractivity contribution is 0.0481. The minimum Gasteiger partial charge on any atom is -0.496 e. The van der Waals surface area contributed by atoms with Crippen molar-refractivity contribution in [2.45, 2.75) is 38.4 Å². The van der Waals surface area contributed by atoms with Gasteiger partial charge in [0.1, 0.15) is 5.75 Å². The number of ether oxygens (including phenoxy) is 1. The number of benzene rings is 2. The van der Waals surface area contributed by atoms with Crippen LogP contribution < -0.4 is 4.74 Å². The van der Waals surface area contributed by atoms with Crippen molar-refractivity contribution in [2.24, 2.45) is 0 Å². The first-order valence-electron chi connectivity index (χ1n) is 6.88. The molecule has 2 N–H and O–H groups in total. The number of methoxy groups -OCH3 is 1. The van der Waals surface area contributed by atoms with Crippen LogP contribution in [0.2, 0.25) is 0 Å². The van der Waals surface area contributed by atoms with Crippen LogP contribution in [0.15, 0.2) is 36.4 Å². The molecule has 2 rings (SSSR count). The predicted molar refractivity (Wildman–Crippen MR) is 81.0 cm³/mol. The third-order valence-electron chi connectivity index (χ3n) is 3.50. The summed E-state index contributed by atoms with van der Waals surface area (Å²) in [5, 5.41) is 22.2. The van der Waals surface area contributed by atoms with Crippen molar-refractivity contribution < 1.29 is 14.9 Å². The third-order valence-corrected chi connectivity index (χ3v) is 3.50. The first kappa shape index (κ1) is 14.8. The molecule has 2 aromatic rings. The number of fused-ring (bicyclic) bond motifs is 1. The van der Waals surface area contributed by atoms with Crippen LogP contribution >= 0.6 is 0 Å². The van der Waals surface area contributed by atoms with Gasteiger partial charge in [-0.2, -0.15) is 0 Å². The SMILES string of the molecule is COc1c(C(O)CCC(C)(C)O)ccc2ccccc12. The third kappa shape index (κ3) is 3.30. The number of rotatable bonds is 5. The van der Waals surface area contributed by atoms with Gasteiger partial charge >= 0.3 is 0 Å². The number of aliphatic hydroxyl groups excluding tert-OH is 1. The molecule has 0 radical (unpaired) electrons. The molecular weight excluding hydrogens is 252 g/mol. The van der Waals surface area contributed by atoms with E-state index in [1.807, 2.05) is 36.4 Å². The highest BCUT2D eigenvalue weighted by atomic mass is 16.5. The van der Waals surface area contributed by atoms with Crippen molar-refractivity contribution in [3.8, 4) is 5.75 Å². The fraction of sp³-hybridized carbons (Fsp3) is 0.412.